The molecule has 0 bridgehead atoms. The van der Waals surface area contributed by atoms with Gasteiger partial charge in [0.15, 0.2) is 0 Å². The van der Waals surface area contributed by atoms with Gasteiger partial charge in [-0.1, -0.05) is 13.8 Å². The van der Waals surface area contributed by atoms with Crippen LogP contribution in [-0.2, 0) is 0 Å². The van der Waals surface area contributed by atoms with E-state index in [2.05, 4.69) is 31.1 Å². The highest BCUT2D eigenvalue weighted by Crippen LogP contribution is 2.35. The molecule has 1 aliphatic carbocycles. The van der Waals surface area contributed by atoms with E-state index in [0.717, 1.165) is 12.0 Å². The van der Waals surface area contributed by atoms with E-state index in [0.29, 0.717) is 5.41 Å². The molecule has 1 heterocycles. The molecular weight excluding hydrogens is 184 g/mol. The predicted molar refractivity (Wildman–Crippen MR) is 65.0 cm³/mol. The van der Waals surface area contributed by atoms with Gasteiger partial charge in [-0.25, -0.2) is 0 Å². The Balaban J connectivity index is 1.85. The Labute approximate surface area is 94.4 Å². The van der Waals surface area contributed by atoms with Crippen molar-refractivity contribution in [1.29, 1.82) is 0 Å². The van der Waals surface area contributed by atoms with E-state index in [1.165, 1.54) is 45.3 Å². The standard InChI is InChI=1S/C13H26N2/c1-13(2,10-15(3)12-6-7-12)11-5-4-8-14-9-11/h11-12,14H,4-10H2,1-3H3. The van der Waals surface area contributed by atoms with Gasteiger partial charge in [-0.15, -0.1) is 0 Å². The third-order valence-electron chi connectivity index (χ3n) is 4.23. The van der Waals surface area contributed by atoms with E-state index in [1.54, 1.807) is 0 Å². The first-order chi connectivity index (χ1) is 7.09. The summed E-state index contributed by atoms with van der Waals surface area (Å²) < 4.78 is 0. The maximum Gasteiger partial charge on any atom is 0.00936 e. The summed E-state index contributed by atoms with van der Waals surface area (Å²) in [7, 11) is 2.30. The van der Waals surface area contributed by atoms with E-state index in [9.17, 15) is 0 Å². The van der Waals surface area contributed by atoms with Crippen LogP contribution in [0, 0.1) is 11.3 Å². The second kappa shape index (κ2) is 4.42. The van der Waals surface area contributed by atoms with Gasteiger partial charge in [0.1, 0.15) is 0 Å². The molecule has 0 amide bonds. The highest BCUT2D eigenvalue weighted by Gasteiger charge is 2.35. The molecule has 0 aromatic carbocycles. The number of hydrogen-bond donors (Lipinski definition) is 1. The van der Waals surface area contributed by atoms with Gasteiger partial charge in [-0.3, -0.25) is 0 Å². The Morgan fingerprint density at radius 2 is 2.00 bits per heavy atom. The fourth-order valence-electron chi connectivity index (χ4n) is 2.94. The number of nitrogens with one attached hydrogen (secondary N) is 1. The molecule has 1 saturated carbocycles. The summed E-state index contributed by atoms with van der Waals surface area (Å²) in [5.41, 5.74) is 0.477. The van der Waals surface area contributed by atoms with Gasteiger partial charge >= 0.3 is 0 Å². The summed E-state index contributed by atoms with van der Waals surface area (Å²) in [5, 5.41) is 3.54. The van der Waals surface area contributed by atoms with Crippen molar-refractivity contribution >= 4 is 0 Å². The number of nitrogens with zero attached hydrogens (tertiary/aromatic N) is 1. The first-order valence-electron chi connectivity index (χ1n) is 6.50. The molecule has 2 nitrogen and oxygen atoms in total. The molecule has 1 aliphatic heterocycles. The first kappa shape index (κ1) is 11.4. The fraction of sp³-hybridized carbons (Fsp3) is 1.00. The molecule has 1 saturated heterocycles. The molecule has 0 spiro atoms. The van der Waals surface area contributed by atoms with Crippen LogP contribution >= 0.6 is 0 Å². The summed E-state index contributed by atoms with van der Waals surface area (Å²) in [6.07, 6.45) is 5.63. The van der Waals surface area contributed by atoms with Crippen molar-refractivity contribution in [2.75, 3.05) is 26.7 Å². The number of rotatable bonds is 4. The zero-order valence-corrected chi connectivity index (χ0v) is 10.6. The van der Waals surface area contributed by atoms with Crippen molar-refractivity contribution in [2.45, 2.75) is 45.6 Å². The summed E-state index contributed by atoms with van der Waals surface area (Å²) >= 11 is 0. The van der Waals surface area contributed by atoms with E-state index in [4.69, 9.17) is 0 Å². The molecule has 0 aromatic rings. The molecule has 2 heteroatoms. The van der Waals surface area contributed by atoms with Crippen LogP contribution in [0.1, 0.15) is 39.5 Å². The zero-order valence-electron chi connectivity index (χ0n) is 10.6. The van der Waals surface area contributed by atoms with Crippen LogP contribution in [-0.4, -0.2) is 37.6 Å². The monoisotopic (exact) mass is 210 g/mol. The minimum atomic E-state index is 0.477. The summed E-state index contributed by atoms with van der Waals surface area (Å²) in [6.45, 7) is 8.62. The lowest BCUT2D eigenvalue weighted by atomic mass is 9.74. The van der Waals surface area contributed by atoms with Crippen LogP contribution in [0.15, 0.2) is 0 Å². The molecule has 2 aliphatic rings. The van der Waals surface area contributed by atoms with Crippen LogP contribution in [0.25, 0.3) is 0 Å². The molecule has 88 valence electrons. The van der Waals surface area contributed by atoms with E-state index in [1.807, 2.05) is 0 Å². The average Bonchev–Trinajstić information content (AvgIpc) is 3.01. The van der Waals surface area contributed by atoms with Crippen molar-refractivity contribution in [2.24, 2.45) is 11.3 Å². The SMILES string of the molecule is CN(CC(C)(C)C1CCCNC1)C1CC1. The zero-order chi connectivity index (χ0) is 10.9. The van der Waals surface area contributed by atoms with Gasteiger partial charge in [0.25, 0.3) is 0 Å². The second-order valence-corrected chi connectivity index (χ2v) is 6.18. The van der Waals surface area contributed by atoms with Crippen LogP contribution in [0.2, 0.25) is 0 Å². The van der Waals surface area contributed by atoms with Crippen molar-refractivity contribution < 1.29 is 0 Å². The minimum absolute atomic E-state index is 0.477. The third-order valence-corrected chi connectivity index (χ3v) is 4.23. The Hall–Kier alpha value is -0.0800. The lowest BCUT2D eigenvalue weighted by Gasteiger charge is -2.40. The van der Waals surface area contributed by atoms with Crippen LogP contribution in [0.3, 0.4) is 0 Å². The lowest BCUT2D eigenvalue weighted by molar-refractivity contribution is 0.111. The Morgan fingerprint density at radius 3 is 2.53 bits per heavy atom. The van der Waals surface area contributed by atoms with Gasteiger partial charge in [-0.05, 0) is 57.2 Å². The maximum absolute atomic E-state index is 3.54. The molecule has 0 aromatic heterocycles. The van der Waals surface area contributed by atoms with Crippen LogP contribution in [0.5, 0.6) is 0 Å². The quantitative estimate of drug-likeness (QED) is 0.764. The molecule has 1 N–H and O–H groups in total. The summed E-state index contributed by atoms with van der Waals surface area (Å²) in [6, 6.07) is 0.904. The van der Waals surface area contributed by atoms with E-state index in [-0.39, 0.29) is 0 Å². The number of piperidine rings is 1. The largest absolute Gasteiger partial charge is 0.316 e. The molecule has 1 unspecified atom stereocenters. The molecular formula is C13H26N2. The summed E-state index contributed by atoms with van der Waals surface area (Å²) in [5.74, 6) is 0.868. The first-order valence-corrected chi connectivity index (χ1v) is 6.50. The van der Waals surface area contributed by atoms with E-state index < -0.39 is 0 Å². The lowest BCUT2D eigenvalue weighted by Crippen LogP contribution is -2.44. The minimum Gasteiger partial charge on any atom is -0.316 e. The van der Waals surface area contributed by atoms with Gasteiger partial charge in [0.05, 0.1) is 0 Å². The fourth-order valence-corrected chi connectivity index (χ4v) is 2.94. The van der Waals surface area contributed by atoms with Crippen molar-refractivity contribution in [1.82, 2.24) is 10.2 Å². The Kier molecular flexibility index (Phi) is 3.36. The molecule has 0 radical (unpaired) electrons. The van der Waals surface area contributed by atoms with Crippen molar-refractivity contribution in [3.63, 3.8) is 0 Å². The molecule has 1 atom stereocenters. The van der Waals surface area contributed by atoms with Crippen LogP contribution < -0.4 is 5.32 Å². The normalized spacial score (nSPS) is 28.4. The topological polar surface area (TPSA) is 15.3 Å². The Bertz CT molecular complexity index is 203. The highest BCUT2D eigenvalue weighted by molar-refractivity contribution is 4.89. The third kappa shape index (κ3) is 2.94. The smallest absolute Gasteiger partial charge is 0.00936 e. The molecule has 15 heavy (non-hydrogen) atoms. The second-order valence-electron chi connectivity index (χ2n) is 6.18. The number of hydrogen-bond acceptors (Lipinski definition) is 2. The van der Waals surface area contributed by atoms with Gasteiger partial charge in [0.2, 0.25) is 0 Å². The van der Waals surface area contributed by atoms with Gasteiger partial charge in [-0.2, -0.15) is 0 Å². The molecule has 2 fully saturated rings. The highest BCUT2D eigenvalue weighted by atomic mass is 15.2. The molecule has 2 rings (SSSR count). The van der Waals surface area contributed by atoms with Crippen molar-refractivity contribution in [3.05, 3.63) is 0 Å². The predicted octanol–water partition coefficient (Wildman–Crippen LogP) is 2.11. The van der Waals surface area contributed by atoms with Crippen molar-refractivity contribution in [3.8, 4) is 0 Å². The summed E-state index contributed by atoms with van der Waals surface area (Å²) in [4.78, 5) is 2.58. The maximum atomic E-state index is 3.54. The van der Waals surface area contributed by atoms with Crippen LogP contribution in [0.4, 0.5) is 0 Å². The Morgan fingerprint density at radius 1 is 1.27 bits per heavy atom. The van der Waals surface area contributed by atoms with Gasteiger partial charge < -0.3 is 10.2 Å². The average molecular weight is 210 g/mol. The van der Waals surface area contributed by atoms with E-state index >= 15 is 0 Å². The van der Waals surface area contributed by atoms with Gasteiger partial charge in [0, 0.05) is 12.6 Å².